The maximum Gasteiger partial charge on any atom is 0.410 e. The van der Waals surface area contributed by atoms with Crippen molar-refractivity contribution in [3.63, 3.8) is 0 Å². The van der Waals surface area contributed by atoms with E-state index in [0.717, 1.165) is 73.8 Å². The highest BCUT2D eigenvalue weighted by Gasteiger charge is 2.32. The number of unbranched alkanes of at least 4 members (excludes halogenated alkanes) is 1. The number of hydrogen-bond acceptors (Lipinski definition) is 6. The number of rotatable bonds is 10. The highest BCUT2D eigenvalue weighted by molar-refractivity contribution is 6.12. The van der Waals surface area contributed by atoms with Crippen LogP contribution in [0, 0.1) is 5.92 Å². The van der Waals surface area contributed by atoms with Crippen molar-refractivity contribution >= 4 is 29.4 Å². The predicted molar refractivity (Wildman–Crippen MR) is 204 cm³/mol. The van der Waals surface area contributed by atoms with Gasteiger partial charge in [-0.25, -0.2) is 14.8 Å². The fraction of sp³-hybridized carbons (Fsp3) is 0.463. The number of hydrogen-bond donors (Lipinski definition) is 0. The second-order valence-corrected chi connectivity index (χ2v) is 13.8. The highest BCUT2D eigenvalue weighted by Crippen LogP contribution is 2.30. The Morgan fingerprint density at radius 2 is 1.88 bits per heavy atom. The molecule has 1 aromatic carbocycles. The molecule has 4 aliphatic rings. The van der Waals surface area contributed by atoms with Crippen LogP contribution in [0.25, 0.3) is 0 Å². The molecule has 0 spiro atoms. The van der Waals surface area contributed by atoms with Gasteiger partial charge in [-0.1, -0.05) is 38.0 Å². The standard InChI is InChI=1S/C41H54N6O3/c1-8-10-13-29(3)26-35(44(6)7)27-30(4)37-15-12-23-47(37)40(48)33-16-18-34(19-17-33)42-38-31(5)28-46-22-11-14-36(39(46)43-38)32-20-24-45(25-21-32)41(49)50-9-2/h11,13-14,16-20,22,26-27,31,37H,8-10,12,15,21,23-25,28H2,1-7H3. The van der Waals surface area contributed by atoms with Crippen molar-refractivity contribution in [2.24, 2.45) is 15.9 Å². The zero-order chi connectivity index (χ0) is 35.8. The van der Waals surface area contributed by atoms with E-state index in [2.05, 4.69) is 94.2 Å². The molecule has 1 aromatic rings. The lowest BCUT2D eigenvalue weighted by molar-refractivity contribution is 0.0755. The zero-order valence-electron chi connectivity index (χ0n) is 31.0. The van der Waals surface area contributed by atoms with Crippen LogP contribution in [0.4, 0.5) is 10.5 Å². The molecule has 0 saturated carbocycles. The van der Waals surface area contributed by atoms with E-state index in [1.807, 2.05) is 36.1 Å². The van der Waals surface area contributed by atoms with Crippen molar-refractivity contribution in [1.82, 2.24) is 19.6 Å². The number of carbonyl (C=O) groups excluding carboxylic acids is 2. The lowest BCUT2D eigenvalue weighted by Crippen LogP contribution is -2.41. The molecule has 4 heterocycles. The summed E-state index contributed by atoms with van der Waals surface area (Å²) in [4.78, 5) is 44.2. The molecule has 50 heavy (non-hydrogen) atoms. The quantitative estimate of drug-likeness (QED) is 0.234. The number of ether oxygens (including phenoxy) is 1. The topological polar surface area (TPSA) is 81.0 Å². The van der Waals surface area contributed by atoms with Crippen LogP contribution >= 0.6 is 0 Å². The molecular weight excluding hydrogens is 624 g/mol. The van der Waals surface area contributed by atoms with Crippen molar-refractivity contribution in [1.29, 1.82) is 0 Å². The molecule has 4 aliphatic heterocycles. The lowest BCUT2D eigenvalue weighted by atomic mass is 9.94. The molecule has 2 unspecified atom stereocenters. The Morgan fingerprint density at radius 3 is 2.56 bits per heavy atom. The summed E-state index contributed by atoms with van der Waals surface area (Å²) in [5, 5.41) is 0. The molecule has 0 aliphatic carbocycles. The molecule has 9 nitrogen and oxygen atoms in total. The fourth-order valence-corrected chi connectivity index (χ4v) is 6.84. The van der Waals surface area contributed by atoms with Gasteiger partial charge in [-0.15, -0.1) is 0 Å². The second-order valence-electron chi connectivity index (χ2n) is 13.8. The molecule has 0 radical (unpaired) electrons. The summed E-state index contributed by atoms with van der Waals surface area (Å²) < 4.78 is 5.19. The van der Waals surface area contributed by atoms with Gasteiger partial charge in [-0.3, -0.25) is 4.79 Å². The molecule has 0 N–H and O–H groups in total. The summed E-state index contributed by atoms with van der Waals surface area (Å²) in [6, 6.07) is 7.72. The molecule has 1 saturated heterocycles. The minimum absolute atomic E-state index is 0.0572. The molecule has 0 bridgehead atoms. The van der Waals surface area contributed by atoms with E-state index in [1.165, 1.54) is 16.7 Å². The Bertz CT molecular complexity index is 1670. The molecular formula is C41H54N6O3. The maximum absolute atomic E-state index is 13.8. The van der Waals surface area contributed by atoms with Crippen LogP contribution < -0.4 is 0 Å². The smallest absolute Gasteiger partial charge is 0.410 e. The van der Waals surface area contributed by atoms with Crippen molar-refractivity contribution < 1.29 is 14.3 Å². The lowest BCUT2D eigenvalue weighted by Gasteiger charge is -2.35. The number of likely N-dealkylation sites (N-methyl/N-ethyl adjacent to an activating group) is 1. The van der Waals surface area contributed by atoms with Gasteiger partial charge in [0.05, 0.1) is 18.3 Å². The van der Waals surface area contributed by atoms with Crippen molar-refractivity contribution in [3.05, 3.63) is 100 Å². The number of likely N-dealkylation sites (tertiary alicyclic amines) is 1. The molecule has 1 fully saturated rings. The third kappa shape index (κ3) is 8.73. The van der Waals surface area contributed by atoms with Gasteiger partial charge in [0.25, 0.3) is 5.91 Å². The fourth-order valence-electron chi connectivity index (χ4n) is 6.84. The van der Waals surface area contributed by atoms with Gasteiger partial charge in [0.15, 0.2) is 0 Å². The van der Waals surface area contributed by atoms with Gasteiger partial charge in [0.2, 0.25) is 0 Å². The Balaban J connectivity index is 1.31. The molecule has 266 valence electrons. The molecule has 9 heteroatoms. The number of fused-ring (bicyclic) bond motifs is 1. The van der Waals surface area contributed by atoms with Gasteiger partial charge in [0.1, 0.15) is 11.7 Å². The molecule has 0 aromatic heterocycles. The monoisotopic (exact) mass is 678 g/mol. The normalized spacial score (nSPS) is 22.3. The van der Waals surface area contributed by atoms with Gasteiger partial charge in [-0.2, -0.15) is 0 Å². The van der Waals surface area contributed by atoms with Crippen LogP contribution in [0.15, 0.2) is 105 Å². The summed E-state index contributed by atoms with van der Waals surface area (Å²) in [7, 11) is 4.14. The van der Waals surface area contributed by atoms with Gasteiger partial charge in [0, 0.05) is 69.2 Å². The van der Waals surface area contributed by atoms with Crippen LogP contribution in [-0.2, 0) is 4.74 Å². The molecule has 2 amide bonds. The van der Waals surface area contributed by atoms with Crippen molar-refractivity contribution in [2.75, 3.05) is 46.9 Å². The molecule has 5 rings (SSSR count). The minimum Gasteiger partial charge on any atom is -0.450 e. The Morgan fingerprint density at radius 1 is 1.10 bits per heavy atom. The number of amidine groups is 2. The first-order valence-corrected chi connectivity index (χ1v) is 18.2. The van der Waals surface area contributed by atoms with Gasteiger partial charge >= 0.3 is 6.09 Å². The SMILES string of the molecule is CCCC=C(C)C=C(C=C(C)C1CCCN1C(=O)c1ccc(N=C2N=C3C(C4=CCN(C(=O)OCC)CC4)=CC=CN3CC2C)cc1)N(C)C. The van der Waals surface area contributed by atoms with Crippen LogP contribution in [0.3, 0.4) is 0 Å². The van der Waals surface area contributed by atoms with Crippen LogP contribution in [0.1, 0.15) is 77.1 Å². The number of nitrogens with zero attached hydrogens (tertiary/aromatic N) is 6. The summed E-state index contributed by atoms with van der Waals surface area (Å²) in [6.45, 7) is 13.5. The zero-order valence-corrected chi connectivity index (χ0v) is 31.0. The first-order valence-electron chi connectivity index (χ1n) is 18.2. The number of amides is 2. The average molecular weight is 679 g/mol. The Kier molecular flexibility index (Phi) is 12.3. The molecule has 2 atom stereocenters. The first-order chi connectivity index (χ1) is 24.1. The average Bonchev–Trinajstić information content (AvgIpc) is 3.61. The maximum atomic E-state index is 13.8. The highest BCUT2D eigenvalue weighted by atomic mass is 16.6. The van der Waals surface area contributed by atoms with Crippen LogP contribution in [0.2, 0.25) is 0 Å². The van der Waals surface area contributed by atoms with Gasteiger partial charge in [-0.05, 0) is 106 Å². The van der Waals surface area contributed by atoms with E-state index in [4.69, 9.17) is 14.7 Å². The van der Waals surface area contributed by atoms with E-state index >= 15 is 0 Å². The van der Waals surface area contributed by atoms with Gasteiger partial charge < -0.3 is 24.3 Å². The van der Waals surface area contributed by atoms with E-state index in [9.17, 15) is 9.59 Å². The summed E-state index contributed by atoms with van der Waals surface area (Å²) in [5.74, 6) is 1.83. The third-order valence-electron chi connectivity index (χ3n) is 9.67. The first kappa shape index (κ1) is 36.6. The summed E-state index contributed by atoms with van der Waals surface area (Å²) in [5.41, 5.74) is 7.29. The van der Waals surface area contributed by atoms with Crippen LogP contribution in [-0.4, -0.2) is 96.2 Å². The Hall–Kier alpha value is -4.66. The number of aliphatic imine (C=N–C) groups is 2. The van der Waals surface area contributed by atoms with E-state index in [-0.39, 0.29) is 24.0 Å². The largest absolute Gasteiger partial charge is 0.450 e. The van der Waals surface area contributed by atoms with Crippen LogP contribution in [0.5, 0.6) is 0 Å². The third-order valence-corrected chi connectivity index (χ3v) is 9.67. The van der Waals surface area contributed by atoms with E-state index in [1.54, 1.807) is 4.90 Å². The van der Waals surface area contributed by atoms with Crippen molar-refractivity contribution in [3.8, 4) is 0 Å². The number of benzene rings is 1. The minimum atomic E-state index is -0.271. The summed E-state index contributed by atoms with van der Waals surface area (Å²) >= 11 is 0. The Labute approximate surface area is 298 Å². The predicted octanol–water partition coefficient (Wildman–Crippen LogP) is 8.05. The van der Waals surface area contributed by atoms with E-state index in [0.29, 0.717) is 25.3 Å². The summed E-state index contributed by atoms with van der Waals surface area (Å²) in [6.07, 6.45) is 19.7. The number of allylic oxidation sites excluding steroid dienone is 6. The second kappa shape index (κ2) is 16.8. The van der Waals surface area contributed by atoms with Crippen molar-refractivity contribution in [2.45, 2.75) is 72.8 Å². The van der Waals surface area contributed by atoms with E-state index < -0.39 is 0 Å². The number of carbonyl (C=O) groups is 2.